The van der Waals surface area contributed by atoms with Crippen LogP contribution < -0.4 is 0 Å². The highest BCUT2D eigenvalue weighted by Gasteiger charge is 2.18. The summed E-state index contributed by atoms with van der Waals surface area (Å²) in [7, 11) is -3.12. The molecule has 0 aromatic heterocycles. The fourth-order valence-corrected chi connectivity index (χ4v) is 2.01. The van der Waals surface area contributed by atoms with Crippen molar-refractivity contribution < 1.29 is 18.3 Å². The molecular formula is C8H14O4S. The van der Waals surface area contributed by atoms with Crippen LogP contribution in [0.3, 0.4) is 0 Å². The first-order valence-electron chi connectivity index (χ1n) is 4.15. The summed E-state index contributed by atoms with van der Waals surface area (Å²) >= 11 is 0. The third-order valence-electron chi connectivity index (χ3n) is 1.85. The molecule has 4 nitrogen and oxygen atoms in total. The van der Waals surface area contributed by atoms with Gasteiger partial charge < -0.3 is 9.84 Å². The second kappa shape index (κ2) is 4.11. The molecule has 0 radical (unpaired) electrons. The first-order valence-corrected chi connectivity index (χ1v) is 6.21. The molecule has 0 bridgehead atoms. The van der Waals surface area contributed by atoms with Crippen LogP contribution in [0.2, 0.25) is 0 Å². The van der Waals surface area contributed by atoms with Gasteiger partial charge in [0, 0.05) is 6.26 Å². The summed E-state index contributed by atoms with van der Waals surface area (Å²) in [6, 6.07) is 0. The van der Waals surface area contributed by atoms with Crippen molar-refractivity contribution in [3.63, 3.8) is 0 Å². The number of ether oxygens (including phenoxy) is 1. The van der Waals surface area contributed by atoms with E-state index in [1.54, 1.807) is 0 Å². The molecule has 0 spiro atoms. The standard InChI is InChI=1S/C8H14O4S/c1-13(10,11)6-8(9)7-3-2-4-12-5-7/h5,8-9H,2-4,6H2,1H3. The van der Waals surface area contributed by atoms with Crippen molar-refractivity contribution >= 4 is 9.84 Å². The van der Waals surface area contributed by atoms with Crippen molar-refractivity contribution in [1.29, 1.82) is 0 Å². The van der Waals surface area contributed by atoms with Crippen LogP contribution in [0.15, 0.2) is 11.8 Å². The summed E-state index contributed by atoms with van der Waals surface area (Å²) in [6.07, 6.45) is 3.23. The predicted molar refractivity (Wildman–Crippen MR) is 49.0 cm³/mol. The maximum Gasteiger partial charge on any atom is 0.150 e. The van der Waals surface area contributed by atoms with Gasteiger partial charge in [-0.15, -0.1) is 0 Å². The Bertz CT molecular complexity index is 291. The Labute approximate surface area is 78.1 Å². The molecule has 0 aromatic rings. The molecule has 1 unspecified atom stereocenters. The Morgan fingerprint density at radius 1 is 1.69 bits per heavy atom. The summed E-state index contributed by atoms with van der Waals surface area (Å²) in [4.78, 5) is 0. The number of hydrogen-bond donors (Lipinski definition) is 1. The lowest BCUT2D eigenvalue weighted by atomic mass is 10.1. The topological polar surface area (TPSA) is 63.6 Å². The highest BCUT2D eigenvalue weighted by molar-refractivity contribution is 7.90. The van der Waals surface area contributed by atoms with Gasteiger partial charge in [-0.1, -0.05) is 0 Å². The Morgan fingerprint density at radius 2 is 2.38 bits per heavy atom. The average molecular weight is 206 g/mol. The molecule has 0 amide bonds. The zero-order valence-corrected chi connectivity index (χ0v) is 8.38. The third kappa shape index (κ3) is 3.78. The van der Waals surface area contributed by atoms with Crippen LogP contribution >= 0.6 is 0 Å². The molecule has 0 aliphatic carbocycles. The molecule has 0 saturated heterocycles. The molecule has 0 aromatic carbocycles. The average Bonchev–Trinajstić information content (AvgIpc) is 2.03. The number of aliphatic hydroxyl groups excluding tert-OH is 1. The Morgan fingerprint density at radius 3 is 2.85 bits per heavy atom. The maximum atomic E-state index is 10.9. The SMILES string of the molecule is CS(=O)(=O)CC(O)C1=COCCC1. The Balaban J connectivity index is 2.57. The lowest BCUT2D eigenvalue weighted by molar-refractivity contribution is 0.181. The van der Waals surface area contributed by atoms with E-state index < -0.39 is 15.9 Å². The molecule has 1 aliphatic rings. The number of rotatable bonds is 3. The summed E-state index contributed by atoms with van der Waals surface area (Å²) in [5.41, 5.74) is 0.677. The summed E-state index contributed by atoms with van der Waals surface area (Å²) in [5, 5.41) is 9.48. The predicted octanol–water partition coefficient (Wildman–Crippen LogP) is 0.0862. The van der Waals surface area contributed by atoms with Crippen LogP contribution in [-0.2, 0) is 14.6 Å². The fraction of sp³-hybridized carbons (Fsp3) is 0.750. The van der Waals surface area contributed by atoms with Crippen LogP contribution in [0, 0.1) is 0 Å². The monoisotopic (exact) mass is 206 g/mol. The van der Waals surface area contributed by atoms with Crippen LogP contribution in [0.5, 0.6) is 0 Å². The largest absolute Gasteiger partial charge is 0.501 e. The van der Waals surface area contributed by atoms with E-state index in [4.69, 9.17) is 4.74 Å². The fourth-order valence-electron chi connectivity index (χ4n) is 1.22. The molecule has 1 N–H and O–H groups in total. The van der Waals surface area contributed by atoms with Crippen molar-refractivity contribution in [3.05, 3.63) is 11.8 Å². The Hall–Kier alpha value is -0.550. The molecular weight excluding hydrogens is 192 g/mol. The van der Waals surface area contributed by atoms with Crippen LogP contribution in [0.25, 0.3) is 0 Å². The second-order valence-corrected chi connectivity index (χ2v) is 5.46. The molecule has 13 heavy (non-hydrogen) atoms. The highest BCUT2D eigenvalue weighted by Crippen LogP contribution is 2.16. The third-order valence-corrected chi connectivity index (χ3v) is 2.77. The van der Waals surface area contributed by atoms with Gasteiger partial charge in [0.25, 0.3) is 0 Å². The molecule has 5 heteroatoms. The van der Waals surface area contributed by atoms with E-state index in [0.29, 0.717) is 12.2 Å². The first-order chi connectivity index (χ1) is 5.99. The minimum atomic E-state index is -3.12. The maximum absolute atomic E-state index is 10.9. The zero-order valence-electron chi connectivity index (χ0n) is 7.56. The van der Waals surface area contributed by atoms with Crippen molar-refractivity contribution in [1.82, 2.24) is 0 Å². The number of hydrogen-bond acceptors (Lipinski definition) is 4. The normalized spacial score (nSPS) is 20.3. The van der Waals surface area contributed by atoms with Crippen LogP contribution in [0.1, 0.15) is 12.8 Å². The van der Waals surface area contributed by atoms with Gasteiger partial charge in [0.1, 0.15) is 9.84 Å². The van der Waals surface area contributed by atoms with Gasteiger partial charge in [-0.05, 0) is 18.4 Å². The van der Waals surface area contributed by atoms with Crippen LogP contribution in [-0.4, -0.2) is 38.2 Å². The van der Waals surface area contributed by atoms with Crippen molar-refractivity contribution in [3.8, 4) is 0 Å². The molecule has 0 fully saturated rings. The Kier molecular flexibility index (Phi) is 3.33. The smallest absolute Gasteiger partial charge is 0.150 e. The van der Waals surface area contributed by atoms with E-state index in [2.05, 4.69) is 0 Å². The summed E-state index contributed by atoms with van der Waals surface area (Å²) < 4.78 is 26.7. The zero-order chi connectivity index (χ0) is 9.90. The van der Waals surface area contributed by atoms with Gasteiger partial charge in [-0.3, -0.25) is 0 Å². The van der Waals surface area contributed by atoms with E-state index in [-0.39, 0.29) is 5.75 Å². The van der Waals surface area contributed by atoms with E-state index in [1.807, 2.05) is 0 Å². The lowest BCUT2D eigenvalue weighted by Crippen LogP contribution is -2.23. The van der Waals surface area contributed by atoms with Gasteiger partial charge in [-0.2, -0.15) is 0 Å². The molecule has 1 rings (SSSR count). The minimum absolute atomic E-state index is 0.220. The van der Waals surface area contributed by atoms with E-state index in [0.717, 1.165) is 19.1 Å². The number of sulfone groups is 1. The van der Waals surface area contributed by atoms with Crippen molar-refractivity contribution in [2.45, 2.75) is 18.9 Å². The van der Waals surface area contributed by atoms with Gasteiger partial charge in [0.05, 0.1) is 24.7 Å². The van der Waals surface area contributed by atoms with Gasteiger partial charge in [0.15, 0.2) is 0 Å². The van der Waals surface area contributed by atoms with E-state index in [1.165, 1.54) is 6.26 Å². The van der Waals surface area contributed by atoms with Crippen LogP contribution in [0.4, 0.5) is 0 Å². The first kappa shape index (κ1) is 10.5. The van der Waals surface area contributed by atoms with Gasteiger partial charge in [-0.25, -0.2) is 8.42 Å². The lowest BCUT2D eigenvalue weighted by Gasteiger charge is -2.17. The molecule has 1 atom stereocenters. The minimum Gasteiger partial charge on any atom is -0.501 e. The van der Waals surface area contributed by atoms with Gasteiger partial charge >= 0.3 is 0 Å². The second-order valence-electron chi connectivity index (χ2n) is 3.28. The molecule has 0 saturated carbocycles. The number of aliphatic hydroxyl groups is 1. The van der Waals surface area contributed by atoms with E-state index in [9.17, 15) is 13.5 Å². The van der Waals surface area contributed by atoms with E-state index >= 15 is 0 Å². The van der Waals surface area contributed by atoms with Crippen molar-refractivity contribution in [2.75, 3.05) is 18.6 Å². The molecule has 1 aliphatic heterocycles. The molecule has 76 valence electrons. The van der Waals surface area contributed by atoms with Gasteiger partial charge in [0.2, 0.25) is 0 Å². The molecule has 1 heterocycles. The summed E-state index contributed by atoms with van der Waals surface area (Å²) in [5.74, 6) is -0.220. The quantitative estimate of drug-likeness (QED) is 0.710. The highest BCUT2D eigenvalue weighted by atomic mass is 32.2. The summed E-state index contributed by atoms with van der Waals surface area (Å²) in [6.45, 7) is 0.648. The van der Waals surface area contributed by atoms with Crippen molar-refractivity contribution in [2.24, 2.45) is 0 Å².